The molecule has 2 nitrogen and oxygen atoms in total. The molecule has 0 fully saturated rings. The van der Waals surface area contributed by atoms with Crippen molar-refractivity contribution >= 4 is 27.5 Å². The molecule has 0 spiro atoms. The van der Waals surface area contributed by atoms with E-state index in [1.807, 2.05) is 32.0 Å². The number of rotatable bonds is 3. The van der Waals surface area contributed by atoms with E-state index in [1.165, 1.54) is 0 Å². The van der Waals surface area contributed by atoms with Crippen molar-refractivity contribution in [1.29, 1.82) is 0 Å². The molecule has 2 rings (SSSR count). The zero-order valence-corrected chi connectivity index (χ0v) is 13.9. The summed E-state index contributed by atoms with van der Waals surface area (Å²) in [5.41, 5.74) is 3.60. The van der Waals surface area contributed by atoms with Crippen LogP contribution in [0.5, 0.6) is 5.75 Å². The standard InChI is InChI=1S/C16H16BrClO2/c1-9-5-15(20-3)10(2)4-14(9)16(19)11-6-12(17)8-13(18)7-11/h4-8,16,19H,1-3H3. The first kappa shape index (κ1) is 15.4. The number of methoxy groups -OCH3 is 1. The molecule has 0 amide bonds. The van der Waals surface area contributed by atoms with E-state index in [1.54, 1.807) is 19.2 Å². The average Bonchev–Trinajstić information content (AvgIpc) is 2.39. The van der Waals surface area contributed by atoms with Crippen LogP contribution in [0, 0.1) is 13.8 Å². The van der Waals surface area contributed by atoms with E-state index in [9.17, 15) is 5.11 Å². The molecule has 20 heavy (non-hydrogen) atoms. The molecule has 2 aromatic rings. The van der Waals surface area contributed by atoms with Crippen LogP contribution in [0.3, 0.4) is 0 Å². The largest absolute Gasteiger partial charge is 0.496 e. The molecule has 1 N–H and O–H groups in total. The van der Waals surface area contributed by atoms with Gasteiger partial charge < -0.3 is 9.84 Å². The van der Waals surface area contributed by atoms with Gasteiger partial charge in [-0.2, -0.15) is 0 Å². The third kappa shape index (κ3) is 3.17. The number of aryl methyl sites for hydroxylation is 2. The molecule has 0 aliphatic heterocycles. The van der Waals surface area contributed by atoms with Gasteiger partial charge in [0, 0.05) is 9.50 Å². The van der Waals surface area contributed by atoms with E-state index in [2.05, 4.69) is 15.9 Å². The van der Waals surface area contributed by atoms with Crippen LogP contribution in [-0.2, 0) is 0 Å². The summed E-state index contributed by atoms with van der Waals surface area (Å²) < 4.78 is 6.14. The average molecular weight is 356 g/mol. The normalized spacial score (nSPS) is 12.3. The summed E-state index contributed by atoms with van der Waals surface area (Å²) in [6.07, 6.45) is -0.713. The maximum absolute atomic E-state index is 10.6. The molecule has 4 heteroatoms. The van der Waals surface area contributed by atoms with Gasteiger partial charge >= 0.3 is 0 Å². The fraction of sp³-hybridized carbons (Fsp3) is 0.250. The Kier molecular flexibility index (Phi) is 4.74. The Morgan fingerprint density at radius 3 is 2.40 bits per heavy atom. The molecular formula is C16H16BrClO2. The number of aliphatic hydroxyl groups is 1. The summed E-state index contributed by atoms with van der Waals surface area (Å²) in [5, 5.41) is 11.2. The smallest absolute Gasteiger partial charge is 0.122 e. The van der Waals surface area contributed by atoms with Crippen LogP contribution in [0.25, 0.3) is 0 Å². The van der Waals surface area contributed by atoms with E-state index < -0.39 is 6.10 Å². The third-order valence-corrected chi connectivity index (χ3v) is 3.95. The minimum absolute atomic E-state index is 0.594. The van der Waals surface area contributed by atoms with Crippen molar-refractivity contribution in [3.63, 3.8) is 0 Å². The second kappa shape index (κ2) is 6.17. The summed E-state index contributed by atoms with van der Waals surface area (Å²) in [4.78, 5) is 0. The minimum atomic E-state index is -0.713. The summed E-state index contributed by atoms with van der Waals surface area (Å²) in [6.45, 7) is 3.92. The second-order valence-electron chi connectivity index (χ2n) is 4.78. The van der Waals surface area contributed by atoms with Gasteiger partial charge in [-0.3, -0.25) is 0 Å². The van der Waals surface area contributed by atoms with Crippen LogP contribution in [0.2, 0.25) is 5.02 Å². The maximum atomic E-state index is 10.6. The van der Waals surface area contributed by atoms with Crippen molar-refractivity contribution < 1.29 is 9.84 Å². The van der Waals surface area contributed by atoms with Crippen LogP contribution in [0.4, 0.5) is 0 Å². The zero-order chi connectivity index (χ0) is 14.9. The number of halogens is 2. The van der Waals surface area contributed by atoms with E-state index >= 15 is 0 Å². The quantitative estimate of drug-likeness (QED) is 0.856. The predicted octanol–water partition coefficient (Wildman–Crippen LogP) is 4.81. The monoisotopic (exact) mass is 354 g/mol. The number of benzene rings is 2. The number of aliphatic hydroxyl groups excluding tert-OH is 1. The lowest BCUT2D eigenvalue weighted by molar-refractivity contribution is 0.219. The Labute approximate surface area is 132 Å². The van der Waals surface area contributed by atoms with Crippen LogP contribution < -0.4 is 4.74 Å². The highest BCUT2D eigenvalue weighted by Gasteiger charge is 2.16. The van der Waals surface area contributed by atoms with E-state index in [-0.39, 0.29) is 0 Å². The first-order valence-electron chi connectivity index (χ1n) is 6.21. The topological polar surface area (TPSA) is 29.5 Å². The molecule has 0 bridgehead atoms. The van der Waals surface area contributed by atoms with Crippen molar-refractivity contribution in [3.8, 4) is 5.75 Å². The summed E-state index contributed by atoms with van der Waals surface area (Å²) in [6, 6.07) is 9.33. The molecule has 0 saturated heterocycles. The van der Waals surface area contributed by atoms with E-state index in [0.717, 1.165) is 32.5 Å². The van der Waals surface area contributed by atoms with Gasteiger partial charge in [0.1, 0.15) is 11.9 Å². The molecule has 0 aliphatic rings. The molecule has 1 unspecified atom stereocenters. The van der Waals surface area contributed by atoms with Crippen LogP contribution in [0.1, 0.15) is 28.4 Å². The van der Waals surface area contributed by atoms with Crippen molar-refractivity contribution in [1.82, 2.24) is 0 Å². The van der Waals surface area contributed by atoms with Crippen LogP contribution >= 0.6 is 27.5 Å². The highest BCUT2D eigenvalue weighted by molar-refractivity contribution is 9.10. The first-order valence-corrected chi connectivity index (χ1v) is 7.38. The fourth-order valence-corrected chi connectivity index (χ4v) is 3.13. The van der Waals surface area contributed by atoms with E-state index in [4.69, 9.17) is 16.3 Å². The molecule has 0 aliphatic carbocycles. The molecule has 1 atom stereocenters. The SMILES string of the molecule is COc1cc(C)c(C(O)c2cc(Cl)cc(Br)c2)cc1C. The molecule has 2 aromatic carbocycles. The lowest BCUT2D eigenvalue weighted by Crippen LogP contribution is -2.03. The van der Waals surface area contributed by atoms with Crippen molar-refractivity contribution in [2.75, 3.05) is 7.11 Å². The third-order valence-electron chi connectivity index (χ3n) is 3.28. The Hall–Kier alpha value is -1.03. The van der Waals surface area contributed by atoms with Gasteiger partial charge in [-0.15, -0.1) is 0 Å². The highest BCUT2D eigenvalue weighted by Crippen LogP contribution is 2.32. The van der Waals surface area contributed by atoms with Gasteiger partial charge in [-0.05, 0) is 66.4 Å². The summed E-state index contributed by atoms with van der Waals surface area (Å²) >= 11 is 9.43. The van der Waals surface area contributed by atoms with Gasteiger partial charge in [0.2, 0.25) is 0 Å². The van der Waals surface area contributed by atoms with Crippen LogP contribution in [-0.4, -0.2) is 12.2 Å². The number of hydrogen-bond acceptors (Lipinski definition) is 2. The van der Waals surface area contributed by atoms with Gasteiger partial charge in [0.05, 0.1) is 7.11 Å². The van der Waals surface area contributed by atoms with Gasteiger partial charge in [0.25, 0.3) is 0 Å². The Bertz CT molecular complexity index is 620. The first-order chi connectivity index (χ1) is 9.42. The molecule has 0 radical (unpaired) electrons. The zero-order valence-electron chi connectivity index (χ0n) is 11.6. The Balaban J connectivity index is 2.47. The molecule has 106 valence electrons. The molecule has 0 aromatic heterocycles. The van der Waals surface area contributed by atoms with E-state index in [0.29, 0.717) is 5.02 Å². The Morgan fingerprint density at radius 1 is 1.10 bits per heavy atom. The van der Waals surface area contributed by atoms with Gasteiger partial charge in [-0.25, -0.2) is 0 Å². The Morgan fingerprint density at radius 2 is 1.80 bits per heavy atom. The predicted molar refractivity (Wildman–Crippen MR) is 85.7 cm³/mol. The van der Waals surface area contributed by atoms with Crippen LogP contribution in [0.15, 0.2) is 34.8 Å². The van der Waals surface area contributed by atoms with Crippen molar-refractivity contribution in [2.45, 2.75) is 20.0 Å². The lowest BCUT2D eigenvalue weighted by Gasteiger charge is -2.17. The maximum Gasteiger partial charge on any atom is 0.122 e. The van der Waals surface area contributed by atoms with Gasteiger partial charge in [0.15, 0.2) is 0 Å². The summed E-state index contributed by atoms with van der Waals surface area (Å²) in [7, 11) is 1.64. The number of hydrogen-bond donors (Lipinski definition) is 1. The van der Waals surface area contributed by atoms with Crippen molar-refractivity contribution in [2.24, 2.45) is 0 Å². The lowest BCUT2D eigenvalue weighted by atomic mass is 9.95. The molecule has 0 saturated carbocycles. The summed E-state index contributed by atoms with van der Waals surface area (Å²) in [5.74, 6) is 0.825. The van der Waals surface area contributed by atoms with Gasteiger partial charge in [-0.1, -0.05) is 27.5 Å². The number of ether oxygens (including phenoxy) is 1. The fourth-order valence-electron chi connectivity index (χ4n) is 2.24. The van der Waals surface area contributed by atoms with Crippen molar-refractivity contribution in [3.05, 3.63) is 62.1 Å². The highest BCUT2D eigenvalue weighted by atomic mass is 79.9. The second-order valence-corrected chi connectivity index (χ2v) is 6.14. The molecular weight excluding hydrogens is 340 g/mol. The minimum Gasteiger partial charge on any atom is -0.496 e. The molecule has 0 heterocycles.